The fraction of sp³-hybridized carbons (Fsp3) is 0.833. The van der Waals surface area contributed by atoms with Crippen molar-refractivity contribution in [3.63, 3.8) is 0 Å². The molecular weight excluding hydrogens is 222 g/mol. The number of carboxylic acids is 1. The third kappa shape index (κ3) is 6.94. The van der Waals surface area contributed by atoms with Crippen LogP contribution in [0.1, 0.15) is 41.0 Å². The zero-order chi connectivity index (χ0) is 13.6. The number of hydrogen-bond donors (Lipinski definition) is 1. The van der Waals surface area contributed by atoms with Crippen molar-refractivity contribution in [3.8, 4) is 0 Å². The molecule has 0 radical (unpaired) electrons. The first-order valence-corrected chi connectivity index (χ1v) is 5.78. The molecule has 0 aromatic rings. The highest BCUT2D eigenvalue weighted by Crippen LogP contribution is 2.14. The molecular formula is C12H23NO4. The van der Waals surface area contributed by atoms with Gasteiger partial charge < -0.3 is 14.7 Å². The van der Waals surface area contributed by atoms with Crippen LogP contribution in [0.5, 0.6) is 0 Å². The van der Waals surface area contributed by atoms with E-state index in [1.807, 2.05) is 34.6 Å². The van der Waals surface area contributed by atoms with E-state index in [0.717, 1.165) is 0 Å². The molecule has 0 fully saturated rings. The molecule has 100 valence electrons. The number of hydrogen-bond acceptors (Lipinski definition) is 3. The van der Waals surface area contributed by atoms with Crippen molar-refractivity contribution in [1.82, 2.24) is 4.90 Å². The van der Waals surface area contributed by atoms with Crippen LogP contribution < -0.4 is 0 Å². The summed E-state index contributed by atoms with van der Waals surface area (Å²) in [6.45, 7) is 9.54. The van der Waals surface area contributed by atoms with Gasteiger partial charge in [0.15, 0.2) is 0 Å². The fourth-order valence-corrected chi connectivity index (χ4v) is 1.36. The van der Waals surface area contributed by atoms with E-state index < -0.39 is 11.5 Å². The van der Waals surface area contributed by atoms with Crippen LogP contribution in [-0.2, 0) is 14.3 Å². The average Bonchev–Trinajstić information content (AvgIpc) is 2.12. The number of carbonyl (C=O) groups is 2. The second-order valence-electron chi connectivity index (χ2n) is 5.22. The van der Waals surface area contributed by atoms with Crippen LogP contribution in [0.25, 0.3) is 0 Å². The van der Waals surface area contributed by atoms with E-state index in [0.29, 0.717) is 0 Å². The Bertz CT molecular complexity index is 268. The molecule has 5 nitrogen and oxygen atoms in total. The van der Waals surface area contributed by atoms with E-state index in [9.17, 15) is 9.59 Å². The molecule has 0 aliphatic heterocycles. The maximum absolute atomic E-state index is 11.9. The lowest BCUT2D eigenvalue weighted by atomic mass is 10.1. The van der Waals surface area contributed by atoms with Gasteiger partial charge >= 0.3 is 5.97 Å². The summed E-state index contributed by atoms with van der Waals surface area (Å²) >= 11 is 0. The molecule has 0 rings (SSSR count). The van der Waals surface area contributed by atoms with Crippen molar-refractivity contribution in [1.29, 1.82) is 0 Å². The van der Waals surface area contributed by atoms with E-state index in [4.69, 9.17) is 9.84 Å². The van der Waals surface area contributed by atoms with Crippen LogP contribution in [0.15, 0.2) is 0 Å². The van der Waals surface area contributed by atoms with Gasteiger partial charge in [-0.05, 0) is 34.6 Å². The van der Waals surface area contributed by atoms with Gasteiger partial charge in [-0.2, -0.15) is 0 Å². The van der Waals surface area contributed by atoms with Gasteiger partial charge in [-0.25, -0.2) is 0 Å². The van der Waals surface area contributed by atoms with Crippen molar-refractivity contribution in [2.45, 2.75) is 52.7 Å². The van der Waals surface area contributed by atoms with Crippen LogP contribution in [0, 0.1) is 0 Å². The van der Waals surface area contributed by atoms with E-state index in [-0.39, 0.29) is 31.6 Å². The Balaban J connectivity index is 4.47. The third-order valence-corrected chi connectivity index (χ3v) is 2.20. The molecule has 0 atom stereocenters. The molecule has 0 saturated heterocycles. The van der Waals surface area contributed by atoms with Gasteiger partial charge in [0, 0.05) is 12.1 Å². The molecule has 0 unspecified atom stereocenters. The smallest absolute Gasteiger partial charge is 0.305 e. The highest BCUT2D eigenvalue weighted by Gasteiger charge is 2.26. The second kappa shape index (κ2) is 6.59. The Hall–Kier alpha value is -1.10. The van der Waals surface area contributed by atoms with Crippen LogP contribution in [0.4, 0.5) is 0 Å². The number of carboxylic acid groups (broad SMARTS) is 1. The van der Waals surface area contributed by atoms with E-state index >= 15 is 0 Å². The van der Waals surface area contributed by atoms with E-state index in [1.54, 1.807) is 4.90 Å². The van der Waals surface area contributed by atoms with Gasteiger partial charge in [-0.15, -0.1) is 0 Å². The first kappa shape index (κ1) is 15.9. The second-order valence-corrected chi connectivity index (χ2v) is 5.22. The fourth-order valence-electron chi connectivity index (χ4n) is 1.36. The normalized spacial score (nSPS) is 11.6. The minimum Gasteiger partial charge on any atom is -0.481 e. The van der Waals surface area contributed by atoms with Crippen LogP contribution in [0.3, 0.4) is 0 Å². The maximum atomic E-state index is 11.9. The molecule has 1 amide bonds. The van der Waals surface area contributed by atoms with Crippen molar-refractivity contribution >= 4 is 11.9 Å². The minimum absolute atomic E-state index is 0.00540. The zero-order valence-electron chi connectivity index (χ0n) is 11.3. The SMILES string of the molecule is CC(C)OCC(=O)N(CCC(=O)O)C(C)(C)C. The first-order chi connectivity index (χ1) is 7.64. The van der Waals surface area contributed by atoms with Gasteiger partial charge in [0.25, 0.3) is 0 Å². The average molecular weight is 245 g/mol. The standard InChI is InChI=1S/C12H23NO4/c1-9(2)17-8-10(14)13(12(3,4)5)7-6-11(15)16/h9H,6-8H2,1-5H3,(H,15,16). The van der Waals surface area contributed by atoms with Crippen LogP contribution in [0.2, 0.25) is 0 Å². The Morgan fingerprint density at radius 2 is 1.82 bits per heavy atom. The Morgan fingerprint density at radius 1 is 1.29 bits per heavy atom. The predicted molar refractivity (Wildman–Crippen MR) is 64.8 cm³/mol. The molecule has 0 heterocycles. The highest BCUT2D eigenvalue weighted by molar-refractivity contribution is 5.79. The van der Waals surface area contributed by atoms with Crippen LogP contribution >= 0.6 is 0 Å². The van der Waals surface area contributed by atoms with Crippen LogP contribution in [-0.4, -0.2) is 46.7 Å². The van der Waals surface area contributed by atoms with Gasteiger partial charge in [0.05, 0.1) is 12.5 Å². The van der Waals surface area contributed by atoms with E-state index in [1.165, 1.54) is 0 Å². The first-order valence-electron chi connectivity index (χ1n) is 5.78. The van der Waals surface area contributed by atoms with Crippen molar-refractivity contribution in [2.75, 3.05) is 13.2 Å². The summed E-state index contributed by atoms with van der Waals surface area (Å²) < 4.78 is 5.25. The molecule has 5 heteroatoms. The number of rotatable bonds is 6. The van der Waals surface area contributed by atoms with Gasteiger partial charge in [-0.1, -0.05) is 0 Å². The molecule has 0 saturated carbocycles. The Morgan fingerprint density at radius 3 is 2.18 bits per heavy atom. The van der Waals surface area contributed by atoms with Crippen molar-refractivity contribution < 1.29 is 19.4 Å². The zero-order valence-corrected chi connectivity index (χ0v) is 11.3. The predicted octanol–water partition coefficient (Wildman–Crippen LogP) is 1.51. The monoisotopic (exact) mass is 245 g/mol. The summed E-state index contributed by atoms with van der Waals surface area (Å²) in [5.74, 6) is -1.08. The number of nitrogens with zero attached hydrogens (tertiary/aromatic N) is 1. The van der Waals surface area contributed by atoms with Gasteiger partial charge in [0.1, 0.15) is 6.61 Å². The molecule has 17 heavy (non-hydrogen) atoms. The number of amides is 1. The lowest BCUT2D eigenvalue weighted by Gasteiger charge is -2.35. The minimum atomic E-state index is -0.906. The highest BCUT2D eigenvalue weighted by atomic mass is 16.5. The molecule has 0 bridgehead atoms. The molecule has 0 aliphatic carbocycles. The maximum Gasteiger partial charge on any atom is 0.305 e. The summed E-state index contributed by atoms with van der Waals surface area (Å²) in [6.07, 6.45) is -0.0646. The summed E-state index contributed by atoms with van der Waals surface area (Å²) in [5, 5.41) is 8.66. The lowest BCUT2D eigenvalue weighted by Crippen LogP contribution is -2.48. The van der Waals surface area contributed by atoms with Gasteiger partial charge in [0.2, 0.25) is 5.91 Å². The molecule has 0 aliphatic rings. The number of ether oxygens (including phenoxy) is 1. The van der Waals surface area contributed by atoms with Gasteiger partial charge in [-0.3, -0.25) is 9.59 Å². The Kier molecular flexibility index (Phi) is 6.16. The summed E-state index contributed by atoms with van der Waals surface area (Å²) in [7, 11) is 0. The summed E-state index contributed by atoms with van der Waals surface area (Å²) in [4.78, 5) is 24.0. The van der Waals surface area contributed by atoms with Crippen molar-refractivity contribution in [2.24, 2.45) is 0 Å². The molecule has 0 spiro atoms. The van der Waals surface area contributed by atoms with Crippen molar-refractivity contribution in [3.05, 3.63) is 0 Å². The topological polar surface area (TPSA) is 66.8 Å². The summed E-state index contributed by atoms with van der Waals surface area (Å²) in [6, 6.07) is 0. The molecule has 1 N–H and O–H groups in total. The lowest BCUT2D eigenvalue weighted by molar-refractivity contribution is -0.144. The third-order valence-electron chi connectivity index (χ3n) is 2.20. The Labute approximate surface area is 103 Å². The summed E-state index contributed by atoms with van der Waals surface area (Å²) in [5.41, 5.74) is -0.396. The number of aliphatic carboxylic acids is 1. The molecule has 0 aromatic heterocycles. The molecule has 0 aromatic carbocycles. The quantitative estimate of drug-likeness (QED) is 0.770. The number of carbonyl (C=O) groups excluding carboxylic acids is 1. The largest absolute Gasteiger partial charge is 0.481 e. The van der Waals surface area contributed by atoms with E-state index in [2.05, 4.69) is 0 Å².